The number of nitrogens with two attached hydrogens (primary N) is 1. The second-order valence-corrected chi connectivity index (χ2v) is 7.05. The molecule has 1 aliphatic rings. The van der Waals surface area contributed by atoms with Crippen molar-refractivity contribution in [3.05, 3.63) is 34.9 Å². The molecule has 1 aromatic carbocycles. The van der Waals surface area contributed by atoms with Crippen molar-refractivity contribution in [2.24, 2.45) is 11.7 Å². The van der Waals surface area contributed by atoms with Crippen molar-refractivity contribution in [1.82, 2.24) is 10.6 Å². The minimum absolute atomic E-state index is 0.121. The summed E-state index contributed by atoms with van der Waals surface area (Å²) in [6, 6.07) is 7.11. The second-order valence-electron chi connectivity index (χ2n) is 6.61. The van der Waals surface area contributed by atoms with Crippen molar-refractivity contribution >= 4 is 29.5 Å². The van der Waals surface area contributed by atoms with Crippen LogP contribution >= 0.6 is 11.6 Å². The standard InChI is InChI=1S/C18H21ClN4O4/c1-18(10-20,12-4-5-12)23-15(24)9-27-16(25)8-14(22-17(21)26)11-2-6-13(19)7-3-11/h2-3,6-7,12,14H,4-5,8-9H2,1H3,(H,23,24)(H3,21,22,26)/t14-,18-/m1/s1. The maximum absolute atomic E-state index is 12.1. The third-order valence-corrected chi connectivity index (χ3v) is 4.60. The van der Waals surface area contributed by atoms with Crippen LogP contribution in [0.1, 0.15) is 37.8 Å². The number of hydrogen-bond donors (Lipinski definition) is 3. The van der Waals surface area contributed by atoms with Crippen molar-refractivity contribution in [3.63, 3.8) is 0 Å². The Morgan fingerprint density at radius 2 is 2.00 bits per heavy atom. The number of amides is 3. The van der Waals surface area contributed by atoms with Gasteiger partial charge in [0, 0.05) is 5.02 Å². The fourth-order valence-corrected chi connectivity index (χ4v) is 2.82. The highest BCUT2D eigenvalue weighted by atomic mass is 35.5. The van der Waals surface area contributed by atoms with Crippen molar-refractivity contribution in [1.29, 1.82) is 5.26 Å². The lowest BCUT2D eigenvalue weighted by atomic mass is 9.98. The Balaban J connectivity index is 1.89. The van der Waals surface area contributed by atoms with Crippen LogP contribution in [0.2, 0.25) is 5.02 Å². The number of halogens is 1. The molecule has 0 aliphatic heterocycles. The zero-order valence-electron chi connectivity index (χ0n) is 14.8. The first-order valence-electron chi connectivity index (χ1n) is 8.43. The van der Waals surface area contributed by atoms with Crippen LogP contribution in [-0.2, 0) is 14.3 Å². The second kappa shape index (κ2) is 8.73. The van der Waals surface area contributed by atoms with Gasteiger partial charge in [0.15, 0.2) is 6.61 Å². The predicted octanol–water partition coefficient (Wildman–Crippen LogP) is 1.79. The van der Waals surface area contributed by atoms with Crippen molar-refractivity contribution < 1.29 is 19.1 Å². The Kier molecular flexibility index (Phi) is 6.64. The van der Waals surface area contributed by atoms with Gasteiger partial charge in [-0.2, -0.15) is 5.26 Å². The zero-order chi connectivity index (χ0) is 20.0. The number of nitrogens with zero attached hydrogens (tertiary/aromatic N) is 1. The van der Waals surface area contributed by atoms with Crippen LogP contribution in [0.4, 0.5) is 4.79 Å². The fraction of sp³-hybridized carbons (Fsp3) is 0.444. The summed E-state index contributed by atoms with van der Waals surface area (Å²) < 4.78 is 4.97. The van der Waals surface area contributed by atoms with E-state index in [4.69, 9.17) is 22.1 Å². The molecule has 8 nitrogen and oxygen atoms in total. The maximum atomic E-state index is 12.1. The van der Waals surface area contributed by atoms with E-state index < -0.39 is 36.1 Å². The molecule has 3 amide bonds. The normalized spacial score (nSPS) is 16.3. The molecule has 2 rings (SSSR count). The number of urea groups is 1. The Morgan fingerprint density at radius 1 is 1.37 bits per heavy atom. The third-order valence-electron chi connectivity index (χ3n) is 4.35. The monoisotopic (exact) mass is 392 g/mol. The summed E-state index contributed by atoms with van der Waals surface area (Å²) in [7, 11) is 0. The minimum Gasteiger partial charge on any atom is -0.456 e. The lowest BCUT2D eigenvalue weighted by molar-refractivity contribution is -0.149. The molecule has 1 saturated carbocycles. The van der Waals surface area contributed by atoms with E-state index >= 15 is 0 Å². The first kappa shape index (κ1) is 20.5. The summed E-state index contributed by atoms with van der Waals surface area (Å²) in [5.41, 5.74) is 4.82. The average Bonchev–Trinajstić information content (AvgIpc) is 3.45. The zero-order valence-corrected chi connectivity index (χ0v) is 15.6. The third kappa shape index (κ3) is 6.15. The van der Waals surface area contributed by atoms with E-state index in [1.807, 2.05) is 0 Å². The van der Waals surface area contributed by atoms with E-state index in [0.29, 0.717) is 10.6 Å². The number of primary amides is 1. The van der Waals surface area contributed by atoms with Gasteiger partial charge < -0.3 is 21.1 Å². The summed E-state index contributed by atoms with van der Waals surface area (Å²) in [6.45, 7) is 1.14. The van der Waals surface area contributed by atoms with E-state index in [1.165, 1.54) is 0 Å². The van der Waals surface area contributed by atoms with Crippen molar-refractivity contribution in [2.45, 2.75) is 37.8 Å². The molecule has 27 heavy (non-hydrogen) atoms. The van der Waals surface area contributed by atoms with E-state index in [-0.39, 0.29) is 12.3 Å². The van der Waals surface area contributed by atoms with Crippen LogP contribution in [0, 0.1) is 17.2 Å². The van der Waals surface area contributed by atoms with E-state index in [9.17, 15) is 19.6 Å². The Labute approximate surface area is 162 Å². The van der Waals surface area contributed by atoms with Gasteiger partial charge in [-0.1, -0.05) is 23.7 Å². The summed E-state index contributed by atoms with van der Waals surface area (Å²) in [5, 5.41) is 14.8. The number of ether oxygens (including phenoxy) is 1. The van der Waals surface area contributed by atoms with Crippen LogP contribution < -0.4 is 16.4 Å². The van der Waals surface area contributed by atoms with Gasteiger partial charge in [-0.15, -0.1) is 0 Å². The minimum atomic E-state index is -0.955. The fourth-order valence-electron chi connectivity index (χ4n) is 2.70. The van der Waals surface area contributed by atoms with E-state index in [1.54, 1.807) is 31.2 Å². The number of nitriles is 1. The van der Waals surface area contributed by atoms with Crippen LogP contribution in [0.5, 0.6) is 0 Å². The average molecular weight is 393 g/mol. The summed E-state index contributed by atoms with van der Waals surface area (Å²) >= 11 is 5.83. The van der Waals surface area contributed by atoms with Gasteiger partial charge in [0.2, 0.25) is 0 Å². The molecule has 9 heteroatoms. The maximum Gasteiger partial charge on any atom is 0.312 e. The molecular formula is C18H21ClN4O4. The van der Waals surface area contributed by atoms with Crippen LogP contribution in [0.3, 0.4) is 0 Å². The molecule has 1 aromatic rings. The van der Waals surface area contributed by atoms with Gasteiger partial charge in [-0.25, -0.2) is 4.79 Å². The Hall–Kier alpha value is -2.79. The largest absolute Gasteiger partial charge is 0.456 e. The number of benzene rings is 1. The number of carbonyl (C=O) groups is 3. The predicted molar refractivity (Wildman–Crippen MR) is 97.4 cm³/mol. The van der Waals surface area contributed by atoms with Crippen molar-refractivity contribution in [2.75, 3.05) is 6.61 Å². The SMILES string of the molecule is C[C@](C#N)(NC(=O)COC(=O)C[C@@H](NC(N)=O)c1ccc(Cl)cc1)C1CC1. The van der Waals surface area contributed by atoms with Crippen molar-refractivity contribution in [3.8, 4) is 6.07 Å². The highest BCUT2D eigenvalue weighted by Crippen LogP contribution is 2.39. The molecule has 0 saturated heterocycles. The van der Waals surface area contributed by atoms with Crippen LogP contribution in [0.15, 0.2) is 24.3 Å². The Morgan fingerprint density at radius 3 is 2.52 bits per heavy atom. The molecule has 1 fully saturated rings. The molecule has 144 valence electrons. The molecular weight excluding hydrogens is 372 g/mol. The molecule has 0 unspecified atom stereocenters. The highest BCUT2D eigenvalue weighted by molar-refractivity contribution is 6.30. The number of nitrogens with one attached hydrogen (secondary N) is 2. The number of rotatable bonds is 8. The Bertz CT molecular complexity index is 758. The molecule has 0 bridgehead atoms. The first-order valence-corrected chi connectivity index (χ1v) is 8.80. The molecule has 0 spiro atoms. The van der Waals surface area contributed by atoms with Gasteiger partial charge in [-0.05, 0) is 43.4 Å². The molecule has 4 N–H and O–H groups in total. The first-order chi connectivity index (χ1) is 12.7. The number of hydrogen-bond acceptors (Lipinski definition) is 5. The lowest BCUT2D eigenvalue weighted by Crippen LogP contribution is -2.48. The highest BCUT2D eigenvalue weighted by Gasteiger charge is 2.43. The van der Waals surface area contributed by atoms with E-state index in [2.05, 4.69) is 16.7 Å². The topological polar surface area (TPSA) is 134 Å². The quantitative estimate of drug-likeness (QED) is 0.580. The van der Waals surface area contributed by atoms with Gasteiger partial charge in [-0.3, -0.25) is 9.59 Å². The number of esters is 1. The summed E-state index contributed by atoms with van der Waals surface area (Å²) in [4.78, 5) is 35.3. The smallest absolute Gasteiger partial charge is 0.312 e. The number of carbonyl (C=O) groups excluding carboxylic acids is 3. The van der Waals surface area contributed by atoms with Crippen LogP contribution in [0.25, 0.3) is 0 Å². The van der Waals surface area contributed by atoms with Gasteiger partial charge in [0.05, 0.1) is 18.5 Å². The van der Waals surface area contributed by atoms with Gasteiger partial charge in [0.25, 0.3) is 5.91 Å². The summed E-state index contributed by atoms with van der Waals surface area (Å²) in [5.74, 6) is -1.12. The van der Waals surface area contributed by atoms with E-state index in [0.717, 1.165) is 12.8 Å². The summed E-state index contributed by atoms with van der Waals surface area (Å²) in [6.07, 6.45) is 1.55. The molecule has 0 aromatic heterocycles. The lowest BCUT2D eigenvalue weighted by Gasteiger charge is -2.23. The molecule has 1 aliphatic carbocycles. The van der Waals surface area contributed by atoms with Gasteiger partial charge in [0.1, 0.15) is 5.54 Å². The van der Waals surface area contributed by atoms with Crippen LogP contribution in [-0.4, -0.2) is 30.1 Å². The molecule has 0 heterocycles. The van der Waals surface area contributed by atoms with Gasteiger partial charge >= 0.3 is 12.0 Å². The molecule has 0 radical (unpaired) electrons. The molecule has 2 atom stereocenters.